The zero-order chi connectivity index (χ0) is 22.3. The summed E-state index contributed by atoms with van der Waals surface area (Å²) in [4.78, 5) is 16.7. The molecule has 0 saturated carbocycles. The van der Waals surface area contributed by atoms with Crippen LogP contribution >= 0.6 is 0 Å². The van der Waals surface area contributed by atoms with Crippen molar-refractivity contribution in [1.29, 1.82) is 0 Å². The maximum atomic E-state index is 12.1. The van der Waals surface area contributed by atoms with Gasteiger partial charge >= 0.3 is 0 Å². The van der Waals surface area contributed by atoms with E-state index in [1.807, 2.05) is 57.2 Å². The van der Waals surface area contributed by atoms with Crippen LogP contribution < -0.4 is 25.4 Å². The third-order valence-corrected chi connectivity index (χ3v) is 4.36. The van der Waals surface area contributed by atoms with Crippen molar-refractivity contribution in [1.82, 2.24) is 16.0 Å². The smallest absolute Gasteiger partial charge is 0.251 e. The van der Waals surface area contributed by atoms with Gasteiger partial charge in [0.05, 0.1) is 13.2 Å². The molecule has 31 heavy (non-hydrogen) atoms. The summed E-state index contributed by atoms with van der Waals surface area (Å²) in [5.74, 6) is 2.19. The van der Waals surface area contributed by atoms with E-state index in [-0.39, 0.29) is 5.91 Å². The Balaban J connectivity index is 1.82. The van der Waals surface area contributed by atoms with Gasteiger partial charge in [-0.05, 0) is 57.0 Å². The van der Waals surface area contributed by atoms with Crippen molar-refractivity contribution in [2.45, 2.75) is 27.2 Å². The number of carbonyl (C=O) groups is 1. The Kier molecular flexibility index (Phi) is 10.8. The van der Waals surface area contributed by atoms with Gasteiger partial charge in [-0.1, -0.05) is 24.3 Å². The monoisotopic (exact) mass is 426 g/mol. The molecular weight excluding hydrogens is 392 g/mol. The predicted octanol–water partition coefficient (Wildman–Crippen LogP) is 3.01. The maximum absolute atomic E-state index is 12.1. The van der Waals surface area contributed by atoms with E-state index in [9.17, 15) is 4.79 Å². The molecule has 0 fully saturated rings. The summed E-state index contributed by atoms with van der Waals surface area (Å²) in [7, 11) is 0. The molecule has 0 aliphatic rings. The zero-order valence-corrected chi connectivity index (χ0v) is 18.7. The molecule has 0 aliphatic carbocycles. The number of benzene rings is 2. The molecule has 7 nitrogen and oxygen atoms in total. The fourth-order valence-corrected chi connectivity index (χ4v) is 2.94. The van der Waals surface area contributed by atoms with Crippen molar-refractivity contribution in [2.24, 2.45) is 4.99 Å². The van der Waals surface area contributed by atoms with E-state index in [2.05, 4.69) is 20.9 Å². The van der Waals surface area contributed by atoms with Crippen molar-refractivity contribution in [3.05, 3.63) is 59.7 Å². The van der Waals surface area contributed by atoms with Crippen molar-refractivity contribution < 1.29 is 14.3 Å². The number of nitrogens with one attached hydrogen (secondary N) is 3. The van der Waals surface area contributed by atoms with Gasteiger partial charge < -0.3 is 25.4 Å². The Bertz CT molecular complexity index is 825. The van der Waals surface area contributed by atoms with Crippen LogP contribution in [-0.4, -0.2) is 51.3 Å². The number of hydrogen-bond acceptors (Lipinski definition) is 4. The lowest BCUT2D eigenvalue weighted by Crippen LogP contribution is -2.41. The second kappa shape index (κ2) is 13.9. The van der Waals surface area contributed by atoms with Crippen molar-refractivity contribution in [2.75, 3.05) is 39.4 Å². The lowest BCUT2D eigenvalue weighted by Gasteiger charge is -2.13. The van der Waals surface area contributed by atoms with Crippen LogP contribution in [0.5, 0.6) is 11.5 Å². The molecule has 0 atom stereocenters. The first-order valence-electron chi connectivity index (χ1n) is 10.9. The lowest BCUT2D eigenvalue weighted by atomic mass is 10.1. The molecule has 0 aromatic heterocycles. The first-order valence-corrected chi connectivity index (χ1v) is 10.9. The van der Waals surface area contributed by atoms with Crippen LogP contribution in [0.25, 0.3) is 0 Å². The van der Waals surface area contributed by atoms with Crippen molar-refractivity contribution in [3.63, 3.8) is 0 Å². The highest BCUT2D eigenvalue weighted by Gasteiger charge is 2.07. The van der Waals surface area contributed by atoms with Gasteiger partial charge in [-0.3, -0.25) is 9.79 Å². The number of hydrogen-bond donors (Lipinski definition) is 3. The summed E-state index contributed by atoms with van der Waals surface area (Å²) in [5.41, 5.74) is 1.80. The van der Waals surface area contributed by atoms with E-state index in [0.717, 1.165) is 36.0 Å². The molecule has 7 heteroatoms. The number of rotatable bonds is 12. The van der Waals surface area contributed by atoms with Crippen molar-refractivity contribution in [3.8, 4) is 11.5 Å². The molecule has 0 aliphatic heterocycles. The third kappa shape index (κ3) is 8.58. The Hall–Kier alpha value is -3.22. The Morgan fingerprint density at radius 1 is 0.871 bits per heavy atom. The quantitative estimate of drug-likeness (QED) is 0.276. The molecule has 0 unspecified atom stereocenters. The van der Waals surface area contributed by atoms with Crippen LogP contribution in [0.2, 0.25) is 0 Å². The minimum absolute atomic E-state index is 0.0788. The standard InChI is InChI=1S/C24H34N4O3/c1-4-25-24(28-17-16-26-23(29)20-10-8-7-9-11-20)27-15-14-19-12-13-21(30-5-2)22(18-19)31-6-3/h7-13,18H,4-6,14-17H2,1-3H3,(H,26,29)(H2,25,27,28). The van der Waals surface area contributed by atoms with Crippen LogP contribution in [0, 0.1) is 0 Å². The van der Waals surface area contributed by atoms with E-state index in [1.54, 1.807) is 12.1 Å². The maximum Gasteiger partial charge on any atom is 0.251 e. The van der Waals surface area contributed by atoms with Gasteiger partial charge in [0.1, 0.15) is 0 Å². The second-order valence-electron chi connectivity index (χ2n) is 6.71. The summed E-state index contributed by atoms with van der Waals surface area (Å²) >= 11 is 0. The largest absolute Gasteiger partial charge is 0.490 e. The summed E-state index contributed by atoms with van der Waals surface area (Å²) < 4.78 is 11.3. The highest BCUT2D eigenvalue weighted by atomic mass is 16.5. The highest BCUT2D eigenvalue weighted by Crippen LogP contribution is 2.28. The van der Waals surface area contributed by atoms with Gasteiger partial charge in [-0.15, -0.1) is 0 Å². The number of nitrogens with zero attached hydrogens (tertiary/aromatic N) is 1. The first kappa shape index (κ1) is 24.1. The van der Waals surface area contributed by atoms with Gasteiger partial charge in [-0.2, -0.15) is 0 Å². The summed E-state index contributed by atoms with van der Waals surface area (Å²) in [6, 6.07) is 15.2. The first-order chi connectivity index (χ1) is 15.2. The molecule has 2 aromatic rings. The van der Waals surface area contributed by atoms with Gasteiger partial charge in [0.15, 0.2) is 17.5 Å². The molecule has 1 amide bonds. The molecule has 2 rings (SSSR count). The molecule has 2 aromatic carbocycles. The van der Waals surface area contributed by atoms with E-state index in [0.29, 0.717) is 38.4 Å². The number of carbonyl (C=O) groups excluding carboxylic acids is 1. The predicted molar refractivity (Wildman–Crippen MR) is 125 cm³/mol. The van der Waals surface area contributed by atoms with Gasteiger partial charge in [-0.25, -0.2) is 0 Å². The van der Waals surface area contributed by atoms with E-state index >= 15 is 0 Å². The molecule has 0 heterocycles. The van der Waals surface area contributed by atoms with Gasteiger partial charge in [0.2, 0.25) is 0 Å². The SMILES string of the molecule is CCNC(=NCCc1ccc(OCC)c(OCC)c1)NCCNC(=O)c1ccccc1. The summed E-state index contributed by atoms with van der Waals surface area (Å²) in [5, 5.41) is 9.38. The highest BCUT2D eigenvalue weighted by molar-refractivity contribution is 5.94. The molecule has 0 radical (unpaired) electrons. The summed E-state index contributed by atoms with van der Waals surface area (Å²) in [6.07, 6.45) is 0.786. The topological polar surface area (TPSA) is 84.0 Å². The fourth-order valence-electron chi connectivity index (χ4n) is 2.94. The van der Waals surface area contributed by atoms with Gasteiger partial charge in [0.25, 0.3) is 5.91 Å². The number of guanidine groups is 1. The normalized spacial score (nSPS) is 11.0. The molecule has 168 valence electrons. The van der Waals surface area contributed by atoms with E-state index < -0.39 is 0 Å². The molecular formula is C24H34N4O3. The van der Waals surface area contributed by atoms with Crippen LogP contribution in [0.3, 0.4) is 0 Å². The number of ether oxygens (including phenoxy) is 2. The van der Waals surface area contributed by atoms with Crippen LogP contribution in [0.15, 0.2) is 53.5 Å². The lowest BCUT2D eigenvalue weighted by molar-refractivity contribution is 0.0954. The third-order valence-electron chi connectivity index (χ3n) is 4.36. The number of aliphatic imine (C=N–C) groups is 1. The minimum atomic E-state index is -0.0788. The molecule has 0 bridgehead atoms. The van der Waals surface area contributed by atoms with E-state index in [4.69, 9.17) is 9.47 Å². The molecule has 3 N–H and O–H groups in total. The van der Waals surface area contributed by atoms with Gasteiger partial charge in [0, 0.05) is 31.7 Å². The van der Waals surface area contributed by atoms with Crippen molar-refractivity contribution >= 4 is 11.9 Å². The Morgan fingerprint density at radius 3 is 2.29 bits per heavy atom. The Morgan fingerprint density at radius 2 is 1.58 bits per heavy atom. The second-order valence-corrected chi connectivity index (χ2v) is 6.71. The Labute approximate surface area is 185 Å². The fraction of sp³-hybridized carbons (Fsp3) is 0.417. The van der Waals surface area contributed by atoms with Crippen LogP contribution in [0.1, 0.15) is 36.7 Å². The number of amides is 1. The van der Waals surface area contributed by atoms with Crippen LogP contribution in [0.4, 0.5) is 0 Å². The molecule has 0 saturated heterocycles. The zero-order valence-electron chi connectivity index (χ0n) is 18.7. The van der Waals surface area contributed by atoms with E-state index in [1.165, 1.54) is 0 Å². The minimum Gasteiger partial charge on any atom is -0.490 e. The van der Waals surface area contributed by atoms with Crippen LogP contribution in [-0.2, 0) is 6.42 Å². The average molecular weight is 427 g/mol. The molecule has 0 spiro atoms. The average Bonchev–Trinajstić information content (AvgIpc) is 2.79. The summed E-state index contributed by atoms with van der Waals surface area (Å²) in [6.45, 7) is 9.63.